The molecule has 0 bridgehead atoms. The van der Waals surface area contributed by atoms with Crippen molar-refractivity contribution in [2.24, 2.45) is 0 Å². The zero-order chi connectivity index (χ0) is 16.3. The predicted octanol–water partition coefficient (Wildman–Crippen LogP) is 4.64. The van der Waals surface area contributed by atoms with Gasteiger partial charge in [-0.2, -0.15) is 4.31 Å². The summed E-state index contributed by atoms with van der Waals surface area (Å²) in [6, 6.07) is 9.49. The minimum absolute atomic E-state index is 0.386. The minimum atomic E-state index is -3.36. The van der Waals surface area contributed by atoms with Crippen LogP contribution in [0.1, 0.15) is 65.2 Å². The Hall–Kier alpha value is -0.870. The average Bonchev–Trinajstić information content (AvgIpc) is 2.54. The summed E-state index contributed by atoms with van der Waals surface area (Å²) in [7, 11) is -3.36. The third-order valence-electron chi connectivity index (χ3n) is 3.85. The molecule has 0 aromatic heterocycles. The Balaban J connectivity index is 2.70. The molecule has 0 saturated carbocycles. The van der Waals surface area contributed by atoms with Crippen molar-refractivity contribution in [3.8, 4) is 0 Å². The molecule has 0 spiro atoms. The van der Waals surface area contributed by atoms with Crippen LogP contribution >= 0.6 is 0 Å². The second-order valence-electron chi connectivity index (χ2n) is 5.76. The second-order valence-corrected chi connectivity index (χ2v) is 7.70. The lowest BCUT2D eigenvalue weighted by Crippen LogP contribution is -2.33. The van der Waals surface area contributed by atoms with Crippen LogP contribution in [0.25, 0.3) is 0 Å². The van der Waals surface area contributed by atoms with Crippen molar-refractivity contribution in [3.63, 3.8) is 0 Å². The van der Waals surface area contributed by atoms with Crippen LogP contribution in [0.3, 0.4) is 0 Å². The number of hydrogen-bond donors (Lipinski definition) is 0. The van der Waals surface area contributed by atoms with Crippen LogP contribution in [0.5, 0.6) is 0 Å². The molecule has 0 aliphatic carbocycles. The van der Waals surface area contributed by atoms with E-state index in [4.69, 9.17) is 0 Å². The molecule has 1 radical (unpaired) electrons. The van der Waals surface area contributed by atoms with Gasteiger partial charge in [0.15, 0.2) is 0 Å². The molecule has 1 aromatic rings. The minimum Gasteiger partial charge on any atom is -0.207 e. The maximum Gasteiger partial charge on any atom is 0.243 e. The van der Waals surface area contributed by atoms with Gasteiger partial charge in [-0.05, 0) is 31.0 Å². The number of unbranched alkanes of at least 4 members (excludes halogenated alkanes) is 6. The van der Waals surface area contributed by atoms with Crippen molar-refractivity contribution in [3.05, 3.63) is 30.3 Å². The smallest absolute Gasteiger partial charge is 0.207 e. The first-order chi connectivity index (χ1) is 10.6. The van der Waals surface area contributed by atoms with Crippen molar-refractivity contribution in [1.82, 2.24) is 4.31 Å². The number of sulfonamides is 1. The van der Waals surface area contributed by atoms with Crippen LogP contribution < -0.4 is 0 Å². The average molecular weight is 325 g/mol. The second kappa shape index (κ2) is 10.8. The highest BCUT2D eigenvalue weighted by Gasteiger charge is 2.23. The zero-order valence-electron chi connectivity index (χ0n) is 14.1. The summed E-state index contributed by atoms with van der Waals surface area (Å²) >= 11 is 0. The monoisotopic (exact) mass is 324 g/mol. The predicted molar refractivity (Wildman–Crippen MR) is 92.3 cm³/mol. The molecule has 3 nitrogen and oxygen atoms in total. The summed E-state index contributed by atoms with van der Waals surface area (Å²) in [5.74, 6) is 0. The molecule has 4 heteroatoms. The Morgan fingerprint density at radius 2 is 1.36 bits per heavy atom. The topological polar surface area (TPSA) is 37.4 Å². The van der Waals surface area contributed by atoms with E-state index in [9.17, 15) is 8.42 Å². The van der Waals surface area contributed by atoms with Crippen LogP contribution in [0.15, 0.2) is 29.2 Å². The van der Waals surface area contributed by atoms with Gasteiger partial charge >= 0.3 is 0 Å². The molecule has 22 heavy (non-hydrogen) atoms. The Labute approximate surface area is 136 Å². The maximum absolute atomic E-state index is 12.8. The van der Waals surface area contributed by atoms with Crippen LogP contribution in [0.2, 0.25) is 0 Å². The summed E-state index contributed by atoms with van der Waals surface area (Å²) in [4.78, 5) is 0.386. The van der Waals surface area contributed by atoms with E-state index in [2.05, 4.69) is 19.9 Å². The Morgan fingerprint density at radius 3 is 1.82 bits per heavy atom. The number of nitrogens with zero attached hydrogens (tertiary/aromatic N) is 1. The first-order valence-corrected chi connectivity index (χ1v) is 10.0. The maximum atomic E-state index is 12.8. The van der Waals surface area contributed by atoms with E-state index in [-0.39, 0.29) is 0 Å². The molecule has 0 saturated heterocycles. The summed E-state index contributed by atoms with van der Waals surface area (Å²) < 4.78 is 27.2. The van der Waals surface area contributed by atoms with Gasteiger partial charge in [-0.25, -0.2) is 8.42 Å². The molecule has 0 heterocycles. The summed E-state index contributed by atoms with van der Waals surface area (Å²) in [5.41, 5.74) is 0. The molecule has 0 unspecified atom stereocenters. The molecule has 0 fully saturated rings. The van der Waals surface area contributed by atoms with Crippen molar-refractivity contribution < 1.29 is 8.42 Å². The third kappa shape index (κ3) is 6.49. The van der Waals surface area contributed by atoms with Gasteiger partial charge in [0.1, 0.15) is 0 Å². The van der Waals surface area contributed by atoms with Crippen LogP contribution in [-0.4, -0.2) is 25.8 Å². The molecule has 0 amide bonds. The lowest BCUT2D eigenvalue weighted by molar-refractivity contribution is 0.385. The Kier molecular flexibility index (Phi) is 9.41. The van der Waals surface area contributed by atoms with Gasteiger partial charge in [0.2, 0.25) is 10.0 Å². The molecule has 0 aliphatic heterocycles. The van der Waals surface area contributed by atoms with Crippen LogP contribution in [0.4, 0.5) is 0 Å². The van der Waals surface area contributed by atoms with Gasteiger partial charge in [-0.3, -0.25) is 0 Å². The van der Waals surface area contributed by atoms with E-state index in [1.807, 2.05) is 0 Å². The molecule has 0 aliphatic rings. The first kappa shape index (κ1) is 19.2. The molecule has 1 rings (SSSR count). The largest absolute Gasteiger partial charge is 0.243 e. The van der Waals surface area contributed by atoms with Crippen molar-refractivity contribution in [2.75, 3.05) is 13.1 Å². The molecule has 1 aromatic carbocycles. The third-order valence-corrected chi connectivity index (χ3v) is 5.76. The van der Waals surface area contributed by atoms with E-state index < -0.39 is 10.0 Å². The quantitative estimate of drug-likeness (QED) is 0.525. The van der Waals surface area contributed by atoms with Crippen molar-refractivity contribution >= 4 is 10.0 Å². The van der Waals surface area contributed by atoms with Crippen molar-refractivity contribution in [1.29, 1.82) is 0 Å². The summed E-state index contributed by atoms with van der Waals surface area (Å²) in [6.45, 7) is 5.60. The van der Waals surface area contributed by atoms with Crippen molar-refractivity contribution in [2.45, 2.75) is 70.1 Å². The van der Waals surface area contributed by atoms with E-state index in [1.165, 1.54) is 12.8 Å². The van der Waals surface area contributed by atoms with Gasteiger partial charge in [0.25, 0.3) is 0 Å². The molecule has 125 valence electrons. The molecular formula is C18H30NO2S. The lowest BCUT2D eigenvalue weighted by atomic mass is 10.2. The summed E-state index contributed by atoms with van der Waals surface area (Å²) in [6.07, 6.45) is 8.75. The van der Waals surface area contributed by atoms with E-state index in [0.717, 1.165) is 38.5 Å². The SMILES string of the molecule is CCCCCCN(CCCCCC)S(=O)(=O)c1cc[c]cc1. The highest BCUT2D eigenvalue weighted by molar-refractivity contribution is 7.89. The molecule has 0 N–H and O–H groups in total. The number of benzene rings is 1. The number of hydrogen-bond acceptors (Lipinski definition) is 2. The summed E-state index contributed by atoms with van der Waals surface area (Å²) in [5, 5.41) is 0. The fourth-order valence-corrected chi connectivity index (χ4v) is 3.99. The molecular weight excluding hydrogens is 294 g/mol. The van der Waals surface area contributed by atoms with Gasteiger partial charge in [0, 0.05) is 13.1 Å². The number of rotatable bonds is 12. The van der Waals surface area contributed by atoms with E-state index >= 15 is 0 Å². The van der Waals surface area contributed by atoms with E-state index in [1.54, 1.807) is 28.6 Å². The van der Waals surface area contributed by atoms with Gasteiger partial charge in [-0.1, -0.05) is 64.5 Å². The highest BCUT2D eigenvalue weighted by Crippen LogP contribution is 2.17. The van der Waals surface area contributed by atoms with Gasteiger partial charge in [-0.15, -0.1) is 0 Å². The van der Waals surface area contributed by atoms with Crippen LogP contribution in [0, 0.1) is 6.07 Å². The highest BCUT2D eigenvalue weighted by atomic mass is 32.2. The molecule has 0 atom stereocenters. The lowest BCUT2D eigenvalue weighted by Gasteiger charge is -2.22. The van der Waals surface area contributed by atoms with Crippen LogP contribution in [-0.2, 0) is 10.0 Å². The fourth-order valence-electron chi connectivity index (χ4n) is 2.47. The van der Waals surface area contributed by atoms with Gasteiger partial charge in [0.05, 0.1) is 4.90 Å². The normalized spacial score (nSPS) is 12.0. The standard InChI is InChI=1S/C18H30NO2S/c1-3-5-7-12-16-19(17-13-8-6-4-2)22(20,21)18-14-10-9-11-15-18/h10-11,14-15H,3-8,12-13,16-17H2,1-2H3. The first-order valence-electron chi connectivity index (χ1n) is 8.59. The van der Waals surface area contributed by atoms with Gasteiger partial charge < -0.3 is 0 Å². The van der Waals surface area contributed by atoms with E-state index in [0.29, 0.717) is 18.0 Å². The Morgan fingerprint density at radius 1 is 0.864 bits per heavy atom. The Bertz CT molecular complexity index is 473. The zero-order valence-corrected chi connectivity index (χ0v) is 14.9. The fraction of sp³-hybridized carbons (Fsp3) is 0.667.